The third kappa shape index (κ3) is 3.81. The minimum Gasteiger partial charge on any atom is -0.306 e. The Bertz CT molecular complexity index is 377. The molecule has 0 saturated carbocycles. The van der Waals surface area contributed by atoms with Crippen LogP contribution in [-0.4, -0.2) is 16.1 Å². The van der Waals surface area contributed by atoms with Crippen molar-refractivity contribution in [2.75, 3.05) is 5.32 Å². The van der Waals surface area contributed by atoms with Gasteiger partial charge in [-0.15, -0.1) is 0 Å². The number of carbonyl (C=O) groups excluding carboxylic acids is 1. The molecule has 0 unspecified atom stereocenters. The summed E-state index contributed by atoms with van der Waals surface area (Å²) in [5, 5.41) is 9.43. The van der Waals surface area contributed by atoms with Crippen LogP contribution in [0.15, 0.2) is 30.4 Å². The Balaban J connectivity index is 2.51. The van der Waals surface area contributed by atoms with Crippen LogP contribution in [0.1, 0.15) is 19.5 Å². The van der Waals surface area contributed by atoms with E-state index in [0.717, 1.165) is 12.1 Å². The predicted molar refractivity (Wildman–Crippen MR) is 60.5 cm³/mol. The molecule has 0 aliphatic carbocycles. The summed E-state index contributed by atoms with van der Waals surface area (Å²) in [5.41, 5.74) is 1.00. The summed E-state index contributed by atoms with van der Waals surface area (Å²) in [4.78, 5) is 11.3. The number of amides is 1. The highest BCUT2D eigenvalue weighted by molar-refractivity contribution is 5.98. The van der Waals surface area contributed by atoms with Crippen LogP contribution in [0.3, 0.4) is 0 Å². The first kappa shape index (κ1) is 11.2. The van der Waals surface area contributed by atoms with Crippen molar-refractivity contribution in [3.8, 4) is 0 Å². The lowest BCUT2D eigenvalue weighted by Crippen LogP contribution is -2.07. The lowest BCUT2D eigenvalue weighted by atomic mass is 10.3. The van der Waals surface area contributed by atoms with Crippen molar-refractivity contribution < 1.29 is 4.79 Å². The molecule has 0 fully saturated rings. The van der Waals surface area contributed by atoms with Crippen LogP contribution in [0.5, 0.6) is 0 Å². The van der Waals surface area contributed by atoms with Crippen LogP contribution < -0.4 is 5.32 Å². The van der Waals surface area contributed by atoms with Crippen LogP contribution in [0, 0.1) is 0 Å². The number of carbonyl (C=O) groups is 1. The topological polar surface area (TPSA) is 57.8 Å². The molecular weight excluding hydrogens is 190 g/mol. The van der Waals surface area contributed by atoms with Gasteiger partial charge >= 0.3 is 0 Å². The maximum absolute atomic E-state index is 11.3. The highest BCUT2D eigenvalue weighted by Crippen LogP contribution is 2.05. The maximum atomic E-state index is 11.3. The van der Waals surface area contributed by atoms with Gasteiger partial charge in [-0.05, 0) is 13.3 Å². The van der Waals surface area contributed by atoms with Gasteiger partial charge in [0.1, 0.15) is 0 Å². The molecule has 0 bridgehead atoms. The smallest absolute Gasteiger partial charge is 0.249 e. The molecule has 1 amide bonds. The number of hydrogen-bond acceptors (Lipinski definition) is 2. The van der Waals surface area contributed by atoms with E-state index in [1.54, 1.807) is 12.2 Å². The molecule has 15 heavy (non-hydrogen) atoms. The number of allylic oxidation sites excluding steroid dienone is 3. The quantitative estimate of drug-likeness (QED) is 0.583. The number of anilines is 1. The molecule has 0 aliphatic rings. The Morgan fingerprint density at radius 2 is 2.40 bits per heavy atom. The fraction of sp³-hybridized carbons (Fsp3) is 0.273. The number of aromatic amines is 1. The average Bonchev–Trinajstić information content (AvgIpc) is 2.66. The van der Waals surface area contributed by atoms with Gasteiger partial charge in [-0.3, -0.25) is 9.89 Å². The number of rotatable bonds is 4. The van der Waals surface area contributed by atoms with E-state index >= 15 is 0 Å². The monoisotopic (exact) mass is 205 g/mol. The van der Waals surface area contributed by atoms with Crippen LogP contribution in [0.2, 0.25) is 0 Å². The highest BCUT2D eigenvalue weighted by Gasteiger charge is 2.01. The Kier molecular flexibility index (Phi) is 4.34. The van der Waals surface area contributed by atoms with Crippen molar-refractivity contribution in [3.05, 3.63) is 36.1 Å². The summed E-state index contributed by atoms with van der Waals surface area (Å²) in [6, 6.07) is 1.82. The van der Waals surface area contributed by atoms with Crippen LogP contribution in [0.25, 0.3) is 0 Å². The molecule has 0 aromatic carbocycles. The third-order valence-electron chi connectivity index (χ3n) is 1.81. The summed E-state index contributed by atoms with van der Waals surface area (Å²) < 4.78 is 0. The number of hydrogen-bond donors (Lipinski definition) is 2. The molecule has 0 atom stereocenters. The van der Waals surface area contributed by atoms with Crippen LogP contribution in [-0.2, 0) is 11.2 Å². The van der Waals surface area contributed by atoms with Gasteiger partial charge in [0.2, 0.25) is 5.91 Å². The molecule has 0 saturated heterocycles. The molecule has 4 heteroatoms. The summed E-state index contributed by atoms with van der Waals surface area (Å²) in [5.74, 6) is 0.379. The van der Waals surface area contributed by atoms with Crippen molar-refractivity contribution in [2.24, 2.45) is 0 Å². The van der Waals surface area contributed by atoms with Crippen molar-refractivity contribution in [1.82, 2.24) is 10.2 Å². The molecule has 1 heterocycles. The molecule has 0 aliphatic heterocycles. The van der Waals surface area contributed by atoms with Gasteiger partial charge in [0, 0.05) is 17.8 Å². The van der Waals surface area contributed by atoms with E-state index < -0.39 is 0 Å². The van der Waals surface area contributed by atoms with Gasteiger partial charge in [0.05, 0.1) is 0 Å². The minimum atomic E-state index is -0.178. The number of H-pyrrole nitrogens is 1. The standard InChI is InChI=1S/C11H15N3O/c1-3-5-6-7-11(15)12-10-8-9(4-2)13-14-10/h3,5-8H,4H2,1-2H3,(H2,12,13,14,15)/b5-3?,7-6+. The van der Waals surface area contributed by atoms with E-state index in [1.807, 2.05) is 26.0 Å². The summed E-state index contributed by atoms with van der Waals surface area (Å²) in [7, 11) is 0. The Labute approximate surface area is 89.1 Å². The van der Waals surface area contributed by atoms with E-state index in [-0.39, 0.29) is 5.91 Å². The Hall–Kier alpha value is -1.84. The number of nitrogens with zero attached hydrogens (tertiary/aromatic N) is 1. The highest BCUT2D eigenvalue weighted by atomic mass is 16.1. The van der Waals surface area contributed by atoms with Gasteiger partial charge < -0.3 is 5.32 Å². The van der Waals surface area contributed by atoms with Gasteiger partial charge in [0.15, 0.2) is 5.82 Å². The number of aromatic nitrogens is 2. The van der Waals surface area contributed by atoms with Crippen molar-refractivity contribution in [3.63, 3.8) is 0 Å². The van der Waals surface area contributed by atoms with Crippen molar-refractivity contribution >= 4 is 11.7 Å². The molecular formula is C11H15N3O. The van der Waals surface area contributed by atoms with Crippen LogP contribution >= 0.6 is 0 Å². The van der Waals surface area contributed by atoms with Gasteiger partial charge in [-0.25, -0.2) is 0 Å². The zero-order chi connectivity index (χ0) is 11.1. The van der Waals surface area contributed by atoms with E-state index in [1.165, 1.54) is 6.08 Å². The minimum absolute atomic E-state index is 0.178. The lowest BCUT2D eigenvalue weighted by Gasteiger charge is -1.93. The van der Waals surface area contributed by atoms with Gasteiger partial charge in [-0.1, -0.05) is 25.2 Å². The maximum Gasteiger partial charge on any atom is 0.249 e. The molecule has 1 aromatic rings. The number of aryl methyl sites for hydroxylation is 1. The first-order valence-electron chi connectivity index (χ1n) is 4.91. The molecule has 4 nitrogen and oxygen atoms in total. The van der Waals surface area contributed by atoms with E-state index in [9.17, 15) is 4.79 Å². The average molecular weight is 205 g/mol. The first-order valence-corrected chi connectivity index (χ1v) is 4.91. The predicted octanol–water partition coefficient (Wildman–Crippen LogP) is 2.04. The van der Waals surface area contributed by atoms with E-state index in [0.29, 0.717) is 5.82 Å². The van der Waals surface area contributed by atoms with Gasteiger partial charge in [0.25, 0.3) is 0 Å². The summed E-state index contributed by atoms with van der Waals surface area (Å²) >= 11 is 0. The second-order valence-electron chi connectivity index (χ2n) is 3.01. The molecule has 2 N–H and O–H groups in total. The normalized spacial score (nSPS) is 11.3. The third-order valence-corrected chi connectivity index (χ3v) is 1.81. The molecule has 0 radical (unpaired) electrons. The molecule has 80 valence electrons. The molecule has 1 rings (SSSR count). The van der Waals surface area contributed by atoms with Crippen molar-refractivity contribution in [1.29, 1.82) is 0 Å². The summed E-state index contributed by atoms with van der Waals surface area (Å²) in [6.45, 7) is 3.91. The first-order chi connectivity index (χ1) is 7.26. The SMILES string of the molecule is CC=C/C=C/C(=O)Nc1cc(CC)[nH]n1. The number of nitrogens with one attached hydrogen (secondary N) is 2. The van der Waals surface area contributed by atoms with E-state index in [2.05, 4.69) is 15.5 Å². The Morgan fingerprint density at radius 3 is 3.00 bits per heavy atom. The summed E-state index contributed by atoms with van der Waals surface area (Å²) in [6.07, 6.45) is 7.66. The fourth-order valence-electron chi connectivity index (χ4n) is 1.03. The second-order valence-corrected chi connectivity index (χ2v) is 3.01. The van der Waals surface area contributed by atoms with Crippen LogP contribution in [0.4, 0.5) is 5.82 Å². The largest absolute Gasteiger partial charge is 0.306 e. The van der Waals surface area contributed by atoms with Crippen molar-refractivity contribution in [2.45, 2.75) is 20.3 Å². The molecule has 1 aromatic heterocycles. The zero-order valence-corrected chi connectivity index (χ0v) is 8.95. The second kappa shape index (κ2) is 5.80. The fourth-order valence-corrected chi connectivity index (χ4v) is 1.03. The molecule has 0 spiro atoms. The lowest BCUT2D eigenvalue weighted by molar-refractivity contribution is -0.111. The van der Waals surface area contributed by atoms with Gasteiger partial charge in [-0.2, -0.15) is 5.10 Å². The Morgan fingerprint density at radius 1 is 1.60 bits per heavy atom. The zero-order valence-electron chi connectivity index (χ0n) is 8.95. The van der Waals surface area contributed by atoms with E-state index in [4.69, 9.17) is 0 Å².